The number of rotatable bonds is 4. The molecule has 0 radical (unpaired) electrons. The summed E-state index contributed by atoms with van der Waals surface area (Å²) < 4.78 is 0. The molecule has 88 valence electrons. The van der Waals surface area contributed by atoms with Crippen LogP contribution >= 0.6 is 23.4 Å². The van der Waals surface area contributed by atoms with E-state index < -0.39 is 0 Å². The summed E-state index contributed by atoms with van der Waals surface area (Å²) in [7, 11) is 0. The predicted molar refractivity (Wildman–Crippen MR) is 72.4 cm³/mol. The number of piperidine rings is 1. The molecule has 0 aromatic heterocycles. The normalized spacial score (nSPS) is 20.9. The van der Waals surface area contributed by atoms with Gasteiger partial charge in [-0.25, -0.2) is 0 Å². The molecule has 1 fully saturated rings. The Morgan fingerprint density at radius 3 is 2.75 bits per heavy atom. The van der Waals surface area contributed by atoms with Crippen LogP contribution in [0.2, 0.25) is 5.02 Å². The van der Waals surface area contributed by atoms with Crippen LogP contribution in [0.5, 0.6) is 0 Å². The third-order valence-electron chi connectivity index (χ3n) is 2.96. The molecule has 1 aromatic carbocycles. The maximum atomic E-state index is 5.85. The highest BCUT2D eigenvalue weighted by atomic mass is 35.5. The van der Waals surface area contributed by atoms with Gasteiger partial charge in [-0.15, -0.1) is 11.8 Å². The highest BCUT2D eigenvalue weighted by Gasteiger charge is 2.11. The van der Waals surface area contributed by atoms with Gasteiger partial charge in [0.05, 0.1) is 0 Å². The molecule has 0 saturated carbocycles. The van der Waals surface area contributed by atoms with E-state index in [0.717, 1.165) is 11.1 Å². The van der Waals surface area contributed by atoms with E-state index in [9.17, 15) is 0 Å². The van der Waals surface area contributed by atoms with Gasteiger partial charge in [-0.05, 0) is 55.8 Å². The Balaban J connectivity index is 1.69. The van der Waals surface area contributed by atoms with Crippen molar-refractivity contribution in [2.75, 3.05) is 12.3 Å². The Hall–Kier alpha value is -0.180. The van der Waals surface area contributed by atoms with Gasteiger partial charge in [-0.1, -0.05) is 18.0 Å². The van der Waals surface area contributed by atoms with Gasteiger partial charge in [-0.2, -0.15) is 0 Å². The van der Waals surface area contributed by atoms with E-state index >= 15 is 0 Å². The van der Waals surface area contributed by atoms with Gasteiger partial charge in [0.15, 0.2) is 0 Å². The summed E-state index contributed by atoms with van der Waals surface area (Å²) in [4.78, 5) is 1.32. The third-order valence-corrected chi connectivity index (χ3v) is 4.26. The van der Waals surface area contributed by atoms with Crippen molar-refractivity contribution in [3.05, 3.63) is 29.3 Å². The Bertz CT molecular complexity index is 306. The van der Waals surface area contributed by atoms with E-state index in [1.54, 1.807) is 0 Å². The Morgan fingerprint density at radius 1 is 1.25 bits per heavy atom. The summed E-state index contributed by atoms with van der Waals surface area (Å²) in [5.41, 5.74) is 0. The van der Waals surface area contributed by atoms with Crippen LogP contribution in [-0.2, 0) is 0 Å². The molecule has 1 saturated heterocycles. The highest BCUT2D eigenvalue weighted by Crippen LogP contribution is 2.22. The number of halogens is 1. The molecule has 0 amide bonds. The van der Waals surface area contributed by atoms with E-state index in [1.807, 2.05) is 23.9 Å². The number of hydrogen-bond acceptors (Lipinski definition) is 2. The zero-order valence-corrected chi connectivity index (χ0v) is 11.0. The molecule has 0 bridgehead atoms. The molecule has 1 heterocycles. The quantitative estimate of drug-likeness (QED) is 0.818. The summed E-state index contributed by atoms with van der Waals surface area (Å²) in [5, 5.41) is 4.40. The maximum Gasteiger partial charge on any atom is 0.0406 e. The molecule has 16 heavy (non-hydrogen) atoms. The van der Waals surface area contributed by atoms with Crippen LogP contribution in [0.25, 0.3) is 0 Å². The minimum absolute atomic E-state index is 0.744. The van der Waals surface area contributed by atoms with E-state index in [4.69, 9.17) is 11.6 Å². The number of hydrogen-bond donors (Lipinski definition) is 1. The van der Waals surface area contributed by atoms with Crippen LogP contribution in [0.4, 0.5) is 0 Å². The summed E-state index contributed by atoms with van der Waals surface area (Å²) >= 11 is 7.77. The van der Waals surface area contributed by atoms with Crippen molar-refractivity contribution >= 4 is 23.4 Å². The lowest BCUT2D eigenvalue weighted by Crippen LogP contribution is -2.34. The van der Waals surface area contributed by atoms with Crippen molar-refractivity contribution in [2.24, 2.45) is 0 Å². The molecule has 1 aromatic rings. The molecule has 0 spiro atoms. The first kappa shape index (κ1) is 12.3. The summed E-state index contributed by atoms with van der Waals surface area (Å²) in [6.07, 6.45) is 5.36. The Kier molecular flexibility index (Phi) is 5.01. The van der Waals surface area contributed by atoms with Crippen molar-refractivity contribution in [1.82, 2.24) is 5.32 Å². The van der Waals surface area contributed by atoms with Crippen molar-refractivity contribution in [2.45, 2.75) is 36.6 Å². The van der Waals surface area contributed by atoms with E-state index in [2.05, 4.69) is 17.4 Å². The van der Waals surface area contributed by atoms with Crippen LogP contribution in [0.3, 0.4) is 0 Å². The molecule has 1 nitrogen and oxygen atoms in total. The topological polar surface area (TPSA) is 12.0 Å². The highest BCUT2D eigenvalue weighted by molar-refractivity contribution is 7.99. The minimum Gasteiger partial charge on any atom is -0.314 e. The Morgan fingerprint density at radius 2 is 2.06 bits per heavy atom. The van der Waals surface area contributed by atoms with Crippen molar-refractivity contribution in [1.29, 1.82) is 0 Å². The second-order valence-electron chi connectivity index (χ2n) is 4.24. The first-order chi connectivity index (χ1) is 7.84. The van der Waals surface area contributed by atoms with Gasteiger partial charge in [0.1, 0.15) is 0 Å². The first-order valence-corrected chi connectivity index (χ1v) is 7.33. The van der Waals surface area contributed by atoms with E-state index in [0.29, 0.717) is 0 Å². The second-order valence-corrected chi connectivity index (χ2v) is 5.84. The average molecular weight is 256 g/mol. The fourth-order valence-electron chi connectivity index (χ4n) is 2.02. The molecule has 1 N–H and O–H groups in total. The van der Waals surface area contributed by atoms with Crippen LogP contribution < -0.4 is 5.32 Å². The fraction of sp³-hybridized carbons (Fsp3) is 0.538. The zero-order valence-electron chi connectivity index (χ0n) is 9.42. The van der Waals surface area contributed by atoms with Crippen LogP contribution in [0.1, 0.15) is 25.7 Å². The van der Waals surface area contributed by atoms with Gasteiger partial charge in [-0.3, -0.25) is 0 Å². The second kappa shape index (κ2) is 6.53. The van der Waals surface area contributed by atoms with Gasteiger partial charge in [0, 0.05) is 16.0 Å². The molecule has 1 aliphatic heterocycles. The molecular weight excluding hydrogens is 238 g/mol. The minimum atomic E-state index is 0.744. The Labute approximate surface area is 107 Å². The molecule has 1 aliphatic rings. The van der Waals surface area contributed by atoms with Crippen molar-refractivity contribution in [3.8, 4) is 0 Å². The van der Waals surface area contributed by atoms with Gasteiger partial charge >= 0.3 is 0 Å². The molecular formula is C13H18ClNS. The lowest BCUT2D eigenvalue weighted by Gasteiger charge is -2.23. The van der Waals surface area contributed by atoms with Crippen molar-refractivity contribution in [3.63, 3.8) is 0 Å². The molecule has 0 aliphatic carbocycles. The number of thioether (sulfide) groups is 1. The SMILES string of the molecule is Clc1ccc(SCC[C@H]2CCCCN2)cc1. The van der Waals surface area contributed by atoms with Gasteiger partial charge < -0.3 is 5.32 Å². The van der Waals surface area contributed by atoms with Crippen LogP contribution in [0.15, 0.2) is 29.2 Å². The summed E-state index contributed by atoms with van der Waals surface area (Å²) in [6, 6.07) is 8.86. The predicted octanol–water partition coefficient (Wildman–Crippen LogP) is 3.96. The average Bonchev–Trinajstić information content (AvgIpc) is 2.33. The molecule has 3 heteroatoms. The lowest BCUT2D eigenvalue weighted by atomic mass is 10.0. The summed E-state index contributed by atoms with van der Waals surface area (Å²) in [5.74, 6) is 1.19. The molecule has 2 rings (SSSR count). The van der Waals surface area contributed by atoms with Crippen LogP contribution in [0, 0.1) is 0 Å². The largest absolute Gasteiger partial charge is 0.314 e. The zero-order chi connectivity index (χ0) is 11.2. The van der Waals surface area contributed by atoms with E-state index in [1.165, 1.54) is 42.9 Å². The van der Waals surface area contributed by atoms with Gasteiger partial charge in [0.25, 0.3) is 0 Å². The lowest BCUT2D eigenvalue weighted by molar-refractivity contribution is 0.395. The standard InChI is InChI=1S/C13H18ClNS/c14-11-4-6-13(7-5-11)16-10-8-12-3-1-2-9-15-12/h4-7,12,15H,1-3,8-10H2/t12-/m1/s1. The fourth-order valence-corrected chi connectivity index (χ4v) is 3.11. The monoisotopic (exact) mass is 255 g/mol. The number of nitrogens with one attached hydrogen (secondary N) is 1. The maximum absolute atomic E-state index is 5.85. The van der Waals surface area contributed by atoms with Crippen LogP contribution in [-0.4, -0.2) is 18.3 Å². The molecule has 1 atom stereocenters. The van der Waals surface area contributed by atoms with Crippen molar-refractivity contribution < 1.29 is 0 Å². The smallest absolute Gasteiger partial charge is 0.0406 e. The number of benzene rings is 1. The summed E-state index contributed by atoms with van der Waals surface area (Å²) in [6.45, 7) is 1.20. The molecule has 0 unspecified atom stereocenters. The first-order valence-electron chi connectivity index (χ1n) is 5.96. The van der Waals surface area contributed by atoms with Gasteiger partial charge in [0.2, 0.25) is 0 Å². The van der Waals surface area contributed by atoms with E-state index in [-0.39, 0.29) is 0 Å². The third kappa shape index (κ3) is 4.00.